The van der Waals surface area contributed by atoms with Crippen LogP contribution in [-0.2, 0) is 6.42 Å². The first kappa shape index (κ1) is 14.2. The smallest absolute Gasteiger partial charge is 0.146 e. The van der Waals surface area contributed by atoms with Crippen LogP contribution in [0.4, 0.5) is 4.39 Å². The van der Waals surface area contributed by atoms with Crippen molar-refractivity contribution in [2.75, 3.05) is 7.05 Å². The Morgan fingerprint density at radius 3 is 3.00 bits per heavy atom. The maximum Gasteiger partial charge on any atom is 0.146 e. The second kappa shape index (κ2) is 6.35. The van der Waals surface area contributed by atoms with Crippen molar-refractivity contribution >= 4 is 0 Å². The van der Waals surface area contributed by atoms with Crippen molar-refractivity contribution in [1.82, 2.24) is 10.3 Å². The van der Waals surface area contributed by atoms with E-state index in [-0.39, 0.29) is 11.9 Å². The molecular weight excluding hydrogens is 263 g/mol. The molecule has 0 radical (unpaired) electrons. The van der Waals surface area contributed by atoms with E-state index in [1.54, 1.807) is 12.3 Å². The molecule has 0 aliphatic heterocycles. The van der Waals surface area contributed by atoms with Gasteiger partial charge in [-0.3, -0.25) is 4.98 Å². The third-order valence-corrected chi connectivity index (χ3v) is 4.54. The molecule has 21 heavy (non-hydrogen) atoms. The van der Waals surface area contributed by atoms with E-state index in [9.17, 15) is 4.39 Å². The molecule has 1 aliphatic rings. The van der Waals surface area contributed by atoms with Gasteiger partial charge in [0.05, 0.1) is 6.20 Å². The molecule has 0 saturated heterocycles. The van der Waals surface area contributed by atoms with Crippen LogP contribution in [0.25, 0.3) is 0 Å². The summed E-state index contributed by atoms with van der Waals surface area (Å²) in [7, 11) is 1.90. The fraction of sp³-hybridized carbons (Fsp3) is 0.389. The number of aromatic nitrogens is 1. The fourth-order valence-corrected chi connectivity index (χ4v) is 3.45. The molecule has 3 rings (SSSR count). The Morgan fingerprint density at radius 1 is 1.33 bits per heavy atom. The zero-order valence-electron chi connectivity index (χ0n) is 12.3. The third-order valence-electron chi connectivity index (χ3n) is 4.54. The fourth-order valence-electron chi connectivity index (χ4n) is 3.45. The van der Waals surface area contributed by atoms with Gasteiger partial charge in [0.1, 0.15) is 5.82 Å². The van der Waals surface area contributed by atoms with E-state index in [1.807, 2.05) is 7.05 Å². The minimum atomic E-state index is -0.221. The van der Waals surface area contributed by atoms with Gasteiger partial charge < -0.3 is 5.32 Å². The molecule has 1 N–H and O–H groups in total. The number of nitrogens with one attached hydrogen (secondary N) is 1. The molecule has 2 atom stereocenters. The molecular formula is C18H21FN2. The zero-order valence-corrected chi connectivity index (χ0v) is 12.3. The molecule has 2 nitrogen and oxygen atoms in total. The van der Waals surface area contributed by atoms with Gasteiger partial charge in [0.15, 0.2) is 0 Å². The van der Waals surface area contributed by atoms with Crippen LogP contribution in [0.1, 0.15) is 47.9 Å². The molecule has 1 aromatic heterocycles. The minimum Gasteiger partial charge on any atom is -0.313 e. The Kier molecular flexibility index (Phi) is 4.30. The van der Waals surface area contributed by atoms with Gasteiger partial charge in [0.25, 0.3) is 0 Å². The second-order valence-corrected chi connectivity index (χ2v) is 5.76. The van der Waals surface area contributed by atoms with E-state index in [2.05, 4.69) is 34.6 Å². The Morgan fingerprint density at radius 2 is 2.19 bits per heavy atom. The minimum absolute atomic E-state index is 0.0316. The summed E-state index contributed by atoms with van der Waals surface area (Å²) >= 11 is 0. The third kappa shape index (κ3) is 2.98. The van der Waals surface area contributed by atoms with E-state index in [1.165, 1.54) is 36.6 Å². The molecule has 1 aromatic carbocycles. The summed E-state index contributed by atoms with van der Waals surface area (Å²) in [5.41, 5.74) is 3.62. The Balaban J connectivity index is 1.84. The Labute approximate surface area is 125 Å². The standard InChI is InChI=1S/C18H21FN2/c1-20-18(16-9-10-21-12-17(16)19)11-14-7-4-6-13-5-2-3-8-15(13)14/h2-3,5,8-10,12,14,18,20H,4,6-7,11H2,1H3. The maximum atomic E-state index is 14.0. The number of hydrogen-bond acceptors (Lipinski definition) is 2. The number of pyridine rings is 1. The molecule has 0 amide bonds. The summed E-state index contributed by atoms with van der Waals surface area (Å²) < 4.78 is 14.0. The number of hydrogen-bond donors (Lipinski definition) is 1. The summed E-state index contributed by atoms with van der Waals surface area (Å²) in [6.07, 6.45) is 7.46. The highest BCUT2D eigenvalue weighted by molar-refractivity contribution is 5.33. The highest BCUT2D eigenvalue weighted by Crippen LogP contribution is 2.37. The highest BCUT2D eigenvalue weighted by atomic mass is 19.1. The van der Waals surface area contributed by atoms with E-state index >= 15 is 0 Å². The molecule has 0 fully saturated rings. The number of nitrogens with zero attached hydrogens (tertiary/aromatic N) is 1. The van der Waals surface area contributed by atoms with Gasteiger partial charge in [-0.2, -0.15) is 0 Å². The van der Waals surface area contributed by atoms with Crippen LogP contribution in [-0.4, -0.2) is 12.0 Å². The van der Waals surface area contributed by atoms with Gasteiger partial charge in [-0.1, -0.05) is 24.3 Å². The van der Waals surface area contributed by atoms with E-state index in [0.29, 0.717) is 5.92 Å². The van der Waals surface area contributed by atoms with Crippen molar-refractivity contribution in [3.63, 3.8) is 0 Å². The van der Waals surface area contributed by atoms with Crippen LogP contribution in [0, 0.1) is 5.82 Å². The SMILES string of the molecule is CNC(CC1CCCc2ccccc21)c1ccncc1F. The number of halogens is 1. The molecule has 0 spiro atoms. The zero-order chi connectivity index (χ0) is 14.7. The van der Waals surface area contributed by atoms with E-state index < -0.39 is 0 Å². The topological polar surface area (TPSA) is 24.9 Å². The highest BCUT2D eigenvalue weighted by Gasteiger charge is 2.24. The van der Waals surface area contributed by atoms with Crippen LogP contribution >= 0.6 is 0 Å². The van der Waals surface area contributed by atoms with Crippen LogP contribution in [0.3, 0.4) is 0 Å². The molecule has 110 valence electrons. The van der Waals surface area contributed by atoms with Crippen molar-refractivity contribution < 1.29 is 4.39 Å². The average Bonchev–Trinajstić information content (AvgIpc) is 2.53. The van der Waals surface area contributed by atoms with Gasteiger partial charge in [-0.05, 0) is 55.8 Å². The Bertz CT molecular complexity index is 612. The van der Waals surface area contributed by atoms with Crippen LogP contribution in [0.5, 0.6) is 0 Å². The molecule has 1 heterocycles. The summed E-state index contributed by atoms with van der Waals surface area (Å²) in [5.74, 6) is 0.279. The first-order valence-electron chi connectivity index (χ1n) is 7.64. The first-order chi connectivity index (χ1) is 10.3. The van der Waals surface area contributed by atoms with Crippen LogP contribution < -0.4 is 5.32 Å². The summed E-state index contributed by atoms with van der Waals surface area (Å²) in [4.78, 5) is 3.84. The van der Waals surface area contributed by atoms with Crippen molar-refractivity contribution in [2.45, 2.75) is 37.6 Å². The lowest BCUT2D eigenvalue weighted by Crippen LogP contribution is -2.22. The van der Waals surface area contributed by atoms with E-state index in [0.717, 1.165) is 12.0 Å². The normalized spacial score (nSPS) is 19.0. The molecule has 1 aliphatic carbocycles. The number of fused-ring (bicyclic) bond motifs is 1. The average molecular weight is 284 g/mol. The maximum absolute atomic E-state index is 14.0. The van der Waals surface area contributed by atoms with Gasteiger partial charge in [-0.15, -0.1) is 0 Å². The number of aryl methyl sites for hydroxylation is 1. The Hall–Kier alpha value is -1.74. The first-order valence-corrected chi connectivity index (χ1v) is 7.64. The monoisotopic (exact) mass is 284 g/mol. The molecule has 3 heteroatoms. The summed E-state index contributed by atoms with van der Waals surface area (Å²) in [5, 5.41) is 3.27. The molecule has 2 unspecified atom stereocenters. The van der Waals surface area contributed by atoms with Crippen molar-refractivity contribution in [3.8, 4) is 0 Å². The lowest BCUT2D eigenvalue weighted by atomic mass is 9.79. The molecule has 2 aromatic rings. The van der Waals surface area contributed by atoms with Gasteiger partial charge in [0.2, 0.25) is 0 Å². The van der Waals surface area contributed by atoms with Crippen LogP contribution in [0.2, 0.25) is 0 Å². The van der Waals surface area contributed by atoms with Gasteiger partial charge in [0, 0.05) is 17.8 Å². The van der Waals surface area contributed by atoms with Gasteiger partial charge >= 0.3 is 0 Å². The predicted octanol–water partition coefficient (Wildman–Crippen LogP) is 3.99. The number of benzene rings is 1. The predicted molar refractivity (Wildman–Crippen MR) is 82.7 cm³/mol. The quantitative estimate of drug-likeness (QED) is 0.918. The lowest BCUT2D eigenvalue weighted by molar-refractivity contribution is 0.427. The molecule has 0 bridgehead atoms. The van der Waals surface area contributed by atoms with Crippen molar-refractivity contribution in [1.29, 1.82) is 0 Å². The van der Waals surface area contributed by atoms with Crippen molar-refractivity contribution in [3.05, 3.63) is 65.2 Å². The van der Waals surface area contributed by atoms with Gasteiger partial charge in [-0.25, -0.2) is 4.39 Å². The summed E-state index contributed by atoms with van der Waals surface area (Å²) in [6, 6.07) is 10.5. The van der Waals surface area contributed by atoms with Crippen molar-refractivity contribution in [2.24, 2.45) is 0 Å². The van der Waals surface area contributed by atoms with Crippen LogP contribution in [0.15, 0.2) is 42.7 Å². The number of rotatable bonds is 4. The second-order valence-electron chi connectivity index (χ2n) is 5.76. The largest absolute Gasteiger partial charge is 0.313 e. The molecule has 0 saturated carbocycles. The summed E-state index contributed by atoms with van der Waals surface area (Å²) in [6.45, 7) is 0. The lowest BCUT2D eigenvalue weighted by Gasteiger charge is -2.29. The van der Waals surface area contributed by atoms with E-state index in [4.69, 9.17) is 0 Å².